The fourth-order valence-electron chi connectivity index (χ4n) is 3.28. The van der Waals surface area contributed by atoms with Crippen LogP contribution in [0.15, 0.2) is 0 Å². The zero-order chi connectivity index (χ0) is 16.2. The maximum atomic E-state index is 10.2. The third-order valence-electron chi connectivity index (χ3n) is 4.48. The van der Waals surface area contributed by atoms with E-state index in [1.165, 1.54) is 0 Å². The molecule has 1 aromatic rings. The lowest BCUT2D eigenvalue weighted by atomic mass is 10.2. The molecular formula is C16H28N4O3. The Morgan fingerprint density at radius 3 is 2.96 bits per heavy atom. The topological polar surface area (TPSA) is 72.6 Å². The Morgan fingerprint density at radius 1 is 1.35 bits per heavy atom. The highest BCUT2D eigenvalue weighted by Gasteiger charge is 2.24. The zero-order valence-corrected chi connectivity index (χ0v) is 14.1. The number of aliphatic hydroxyl groups excluding tert-OH is 1. The van der Waals surface area contributed by atoms with Gasteiger partial charge in [-0.25, -0.2) is 0 Å². The van der Waals surface area contributed by atoms with Crippen LogP contribution in [0, 0.1) is 0 Å². The van der Waals surface area contributed by atoms with Gasteiger partial charge in [-0.3, -0.25) is 4.90 Å². The van der Waals surface area contributed by atoms with Crippen LogP contribution in [0.5, 0.6) is 0 Å². The number of hydrogen-bond donors (Lipinski definition) is 1. The van der Waals surface area contributed by atoms with Gasteiger partial charge in [0.25, 0.3) is 0 Å². The molecule has 1 saturated heterocycles. The van der Waals surface area contributed by atoms with Gasteiger partial charge in [-0.15, -0.1) is 10.2 Å². The van der Waals surface area contributed by atoms with Gasteiger partial charge in [0.15, 0.2) is 0 Å². The summed E-state index contributed by atoms with van der Waals surface area (Å²) < 4.78 is 13.3. The first-order valence-corrected chi connectivity index (χ1v) is 8.65. The predicted molar refractivity (Wildman–Crippen MR) is 85.2 cm³/mol. The lowest BCUT2D eigenvalue weighted by Crippen LogP contribution is -2.40. The molecule has 2 atom stereocenters. The average molecular weight is 324 g/mol. The molecular weight excluding hydrogens is 296 g/mol. The van der Waals surface area contributed by atoms with E-state index in [0.717, 1.165) is 50.7 Å². The van der Waals surface area contributed by atoms with Crippen LogP contribution >= 0.6 is 0 Å². The molecule has 1 N–H and O–H groups in total. The zero-order valence-electron chi connectivity index (χ0n) is 14.1. The number of rotatable bonds is 7. The highest BCUT2D eigenvalue weighted by Crippen LogP contribution is 2.18. The Hall–Kier alpha value is -1.02. The molecule has 2 unspecified atom stereocenters. The Labute approximate surface area is 137 Å². The molecule has 0 bridgehead atoms. The van der Waals surface area contributed by atoms with E-state index in [0.29, 0.717) is 25.7 Å². The second-order valence-corrected chi connectivity index (χ2v) is 6.84. The first-order valence-electron chi connectivity index (χ1n) is 8.65. The van der Waals surface area contributed by atoms with E-state index in [9.17, 15) is 5.11 Å². The molecule has 130 valence electrons. The van der Waals surface area contributed by atoms with Gasteiger partial charge < -0.3 is 19.1 Å². The number of aliphatic hydroxyl groups is 1. The second-order valence-electron chi connectivity index (χ2n) is 6.84. The van der Waals surface area contributed by atoms with Crippen molar-refractivity contribution in [2.45, 2.75) is 57.9 Å². The second kappa shape index (κ2) is 7.70. The summed E-state index contributed by atoms with van der Waals surface area (Å²) in [7, 11) is 0. The van der Waals surface area contributed by atoms with Crippen LogP contribution in [-0.4, -0.2) is 69.9 Å². The predicted octanol–water partition coefficient (Wildman–Crippen LogP) is 0.774. The molecule has 7 nitrogen and oxygen atoms in total. The SMILES string of the molecule is CC(C)c1nnc2n1CCN(CC(O)COCC1CCCO1)C2. The van der Waals surface area contributed by atoms with Crippen LogP contribution in [-0.2, 0) is 22.6 Å². The van der Waals surface area contributed by atoms with Crippen molar-refractivity contribution in [2.75, 3.05) is 32.9 Å². The fraction of sp³-hybridized carbons (Fsp3) is 0.875. The summed E-state index contributed by atoms with van der Waals surface area (Å²) >= 11 is 0. The molecule has 0 radical (unpaired) electrons. The summed E-state index contributed by atoms with van der Waals surface area (Å²) in [5.41, 5.74) is 0. The van der Waals surface area contributed by atoms with Gasteiger partial charge in [0.2, 0.25) is 0 Å². The minimum Gasteiger partial charge on any atom is -0.389 e. The fourth-order valence-corrected chi connectivity index (χ4v) is 3.28. The van der Waals surface area contributed by atoms with E-state index in [1.807, 2.05) is 0 Å². The molecule has 23 heavy (non-hydrogen) atoms. The number of nitrogens with zero attached hydrogens (tertiary/aromatic N) is 4. The molecule has 2 aliphatic rings. The van der Waals surface area contributed by atoms with Crippen molar-refractivity contribution in [1.82, 2.24) is 19.7 Å². The summed E-state index contributed by atoms with van der Waals surface area (Å²) in [4.78, 5) is 2.22. The molecule has 0 spiro atoms. The monoisotopic (exact) mass is 324 g/mol. The smallest absolute Gasteiger partial charge is 0.147 e. The summed E-state index contributed by atoms with van der Waals surface area (Å²) in [6.07, 6.45) is 1.92. The van der Waals surface area contributed by atoms with Crippen molar-refractivity contribution in [3.8, 4) is 0 Å². The molecule has 2 aliphatic heterocycles. The van der Waals surface area contributed by atoms with E-state index in [4.69, 9.17) is 9.47 Å². The lowest BCUT2D eigenvalue weighted by molar-refractivity contribution is -0.0271. The van der Waals surface area contributed by atoms with Crippen LogP contribution < -0.4 is 0 Å². The highest BCUT2D eigenvalue weighted by atomic mass is 16.5. The summed E-state index contributed by atoms with van der Waals surface area (Å²) in [6, 6.07) is 0. The Bertz CT molecular complexity index is 500. The number of fused-ring (bicyclic) bond motifs is 1. The van der Waals surface area contributed by atoms with Gasteiger partial charge in [0.05, 0.1) is 32.0 Å². The van der Waals surface area contributed by atoms with Crippen molar-refractivity contribution in [1.29, 1.82) is 0 Å². The average Bonchev–Trinajstić information content (AvgIpc) is 3.15. The number of ether oxygens (including phenoxy) is 2. The normalized spacial score (nSPS) is 23.4. The third-order valence-corrected chi connectivity index (χ3v) is 4.48. The van der Waals surface area contributed by atoms with Crippen molar-refractivity contribution < 1.29 is 14.6 Å². The minimum atomic E-state index is -0.476. The van der Waals surface area contributed by atoms with Crippen molar-refractivity contribution >= 4 is 0 Å². The maximum absolute atomic E-state index is 10.2. The number of β-amino-alcohol motifs (C(OH)–C–C–N with tert-alkyl or cyclic N) is 1. The molecule has 3 heterocycles. The van der Waals surface area contributed by atoms with Crippen LogP contribution in [0.3, 0.4) is 0 Å². The molecule has 1 fully saturated rings. The van der Waals surface area contributed by atoms with Crippen molar-refractivity contribution in [2.24, 2.45) is 0 Å². The van der Waals surface area contributed by atoms with E-state index in [2.05, 4.69) is 33.5 Å². The third kappa shape index (κ3) is 4.29. The Kier molecular flexibility index (Phi) is 5.63. The van der Waals surface area contributed by atoms with Crippen LogP contribution in [0.1, 0.15) is 44.3 Å². The molecule has 0 aliphatic carbocycles. The van der Waals surface area contributed by atoms with Gasteiger partial charge in [0, 0.05) is 32.2 Å². The van der Waals surface area contributed by atoms with Gasteiger partial charge in [-0.2, -0.15) is 0 Å². The van der Waals surface area contributed by atoms with E-state index in [1.54, 1.807) is 0 Å². The Morgan fingerprint density at radius 2 is 2.22 bits per heavy atom. The van der Waals surface area contributed by atoms with Gasteiger partial charge in [-0.1, -0.05) is 13.8 Å². The van der Waals surface area contributed by atoms with Crippen LogP contribution in [0.2, 0.25) is 0 Å². The molecule has 3 rings (SSSR count). The van der Waals surface area contributed by atoms with Gasteiger partial charge >= 0.3 is 0 Å². The summed E-state index contributed by atoms with van der Waals surface area (Å²) in [6.45, 7) is 9.20. The molecule has 0 saturated carbocycles. The van der Waals surface area contributed by atoms with E-state index >= 15 is 0 Å². The first kappa shape index (κ1) is 16.8. The van der Waals surface area contributed by atoms with E-state index in [-0.39, 0.29) is 6.10 Å². The quantitative estimate of drug-likeness (QED) is 0.799. The minimum absolute atomic E-state index is 0.213. The number of aromatic nitrogens is 3. The molecule has 1 aromatic heterocycles. The van der Waals surface area contributed by atoms with Gasteiger partial charge in [-0.05, 0) is 12.8 Å². The Balaban J connectivity index is 1.41. The van der Waals surface area contributed by atoms with Crippen LogP contribution in [0.25, 0.3) is 0 Å². The standard InChI is InChI=1S/C16H28N4O3/c1-12(2)16-18-17-15-9-19(5-6-20(15)16)8-13(21)10-22-11-14-4-3-7-23-14/h12-14,21H,3-11H2,1-2H3. The molecule has 0 aromatic carbocycles. The van der Waals surface area contributed by atoms with Crippen molar-refractivity contribution in [3.05, 3.63) is 11.6 Å². The summed E-state index contributed by atoms with van der Waals surface area (Å²) in [5.74, 6) is 2.44. The summed E-state index contributed by atoms with van der Waals surface area (Å²) in [5, 5.41) is 18.7. The maximum Gasteiger partial charge on any atom is 0.147 e. The van der Waals surface area contributed by atoms with E-state index < -0.39 is 6.10 Å². The lowest BCUT2D eigenvalue weighted by Gasteiger charge is -2.29. The highest BCUT2D eigenvalue weighted by molar-refractivity contribution is 5.02. The van der Waals surface area contributed by atoms with Crippen LogP contribution in [0.4, 0.5) is 0 Å². The van der Waals surface area contributed by atoms with Crippen molar-refractivity contribution in [3.63, 3.8) is 0 Å². The number of hydrogen-bond acceptors (Lipinski definition) is 6. The molecule has 7 heteroatoms. The first-order chi connectivity index (χ1) is 11.1. The van der Waals surface area contributed by atoms with Gasteiger partial charge in [0.1, 0.15) is 11.6 Å². The largest absolute Gasteiger partial charge is 0.389 e. The molecule has 0 amide bonds.